The van der Waals surface area contributed by atoms with Crippen molar-refractivity contribution in [3.8, 4) is 0 Å². The Bertz CT molecular complexity index is 432. The van der Waals surface area contributed by atoms with Gasteiger partial charge in [0.05, 0.1) is 24.6 Å². The summed E-state index contributed by atoms with van der Waals surface area (Å²) in [5.74, 6) is -1.44. The Balaban J connectivity index is 2.46. The third kappa shape index (κ3) is 2.29. The van der Waals surface area contributed by atoms with Crippen LogP contribution in [-0.4, -0.2) is 27.7 Å². The molecule has 2 heterocycles. The van der Waals surface area contributed by atoms with Crippen molar-refractivity contribution >= 4 is 5.97 Å². The van der Waals surface area contributed by atoms with Gasteiger partial charge in [0, 0.05) is 12.0 Å². The topological polar surface area (TPSA) is 72.3 Å². The van der Waals surface area contributed by atoms with Gasteiger partial charge in [0.15, 0.2) is 0 Å². The normalized spacial score (nSPS) is 16.6. The minimum absolute atomic E-state index is 0.00609. The lowest BCUT2D eigenvalue weighted by Crippen LogP contribution is -2.24. The van der Waals surface area contributed by atoms with E-state index in [4.69, 9.17) is 4.74 Å². The second-order valence-electron chi connectivity index (χ2n) is 4.55. The number of carboxylic acid groups (broad SMARTS) is 1. The monoisotopic (exact) mass is 236 g/mol. The van der Waals surface area contributed by atoms with E-state index in [2.05, 4.69) is 9.97 Å². The van der Waals surface area contributed by atoms with E-state index < -0.39 is 11.9 Å². The molecule has 2 rings (SSSR count). The Morgan fingerprint density at radius 3 is 2.88 bits per heavy atom. The lowest BCUT2D eigenvalue weighted by molar-refractivity contribution is -0.140. The van der Waals surface area contributed by atoms with E-state index in [0.29, 0.717) is 18.9 Å². The molecule has 0 spiro atoms. The first-order valence-corrected chi connectivity index (χ1v) is 5.74. The molecule has 0 aromatic carbocycles. The molecule has 1 aromatic heterocycles. The zero-order valence-electron chi connectivity index (χ0n) is 10.0. The molecular formula is C12H16N2O3. The lowest BCUT2D eigenvalue weighted by Gasteiger charge is -2.22. The van der Waals surface area contributed by atoms with Crippen molar-refractivity contribution in [3.05, 3.63) is 23.3 Å². The zero-order chi connectivity index (χ0) is 12.4. The van der Waals surface area contributed by atoms with Crippen LogP contribution < -0.4 is 0 Å². The quantitative estimate of drug-likeness (QED) is 0.858. The Labute approximate surface area is 99.9 Å². The third-order valence-electron chi connectivity index (χ3n) is 3.02. The molecule has 1 aliphatic rings. The smallest absolute Gasteiger partial charge is 0.312 e. The van der Waals surface area contributed by atoms with Crippen LogP contribution in [0.25, 0.3) is 0 Å². The number of aromatic nitrogens is 2. The van der Waals surface area contributed by atoms with Crippen molar-refractivity contribution in [3.63, 3.8) is 0 Å². The Hall–Kier alpha value is -1.49. The molecule has 5 nitrogen and oxygen atoms in total. The van der Waals surface area contributed by atoms with Gasteiger partial charge in [0.1, 0.15) is 12.2 Å². The molecule has 0 saturated heterocycles. The molecule has 1 aromatic rings. The average Bonchev–Trinajstić information content (AvgIpc) is 2.28. The van der Waals surface area contributed by atoms with Crippen molar-refractivity contribution in [2.75, 3.05) is 6.61 Å². The number of carboxylic acids is 1. The van der Waals surface area contributed by atoms with E-state index in [1.54, 1.807) is 0 Å². The van der Waals surface area contributed by atoms with Crippen molar-refractivity contribution < 1.29 is 14.6 Å². The van der Waals surface area contributed by atoms with Gasteiger partial charge in [-0.15, -0.1) is 0 Å². The summed E-state index contributed by atoms with van der Waals surface area (Å²) >= 11 is 0. The summed E-state index contributed by atoms with van der Waals surface area (Å²) < 4.78 is 5.37. The Kier molecular flexibility index (Phi) is 3.38. The van der Waals surface area contributed by atoms with Crippen molar-refractivity contribution in [2.45, 2.75) is 32.8 Å². The highest BCUT2D eigenvalue weighted by Gasteiger charge is 2.29. The molecule has 1 atom stereocenters. The van der Waals surface area contributed by atoms with E-state index in [1.807, 2.05) is 13.8 Å². The minimum Gasteiger partial charge on any atom is -0.481 e. The number of hydrogen-bond acceptors (Lipinski definition) is 4. The fourth-order valence-corrected chi connectivity index (χ4v) is 2.17. The average molecular weight is 236 g/mol. The molecule has 0 bridgehead atoms. The number of hydrogen-bond donors (Lipinski definition) is 1. The van der Waals surface area contributed by atoms with Crippen LogP contribution in [0.15, 0.2) is 6.33 Å². The highest BCUT2D eigenvalue weighted by atomic mass is 16.5. The van der Waals surface area contributed by atoms with Crippen LogP contribution in [0.5, 0.6) is 0 Å². The number of carbonyl (C=O) groups is 1. The van der Waals surface area contributed by atoms with Gasteiger partial charge in [-0.25, -0.2) is 9.97 Å². The van der Waals surface area contributed by atoms with Gasteiger partial charge in [0.25, 0.3) is 0 Å². The molecule has 1 unspecified atom stereocenters. The third-order valence-corrected chi connectivity index (χ3v) is 3.02. The summed E-state index contributed by atoms with van der Waals surface area (Å²) in [6.45, 7) is 4.83. The molecule has 0 aliphatic carbocycles. The number of nitrogens with zero attached hydrogens (tertiary/aromatic N) is 2. The first-order chi connectivity index (χ1) is 8.11. The van der Waals surface area contributed by atoms with Gasteiger partial charge in [0.2, 0.25) is 0 Å². The maximum Gasteiger partial charge on any atom is 0.312 e. The predicted molar refractivity (Wildman–Crippen MR) is 60.6 cm³/mol. The Morgan fingerprint density at radius 2 is 2.24 bits per heavy atom. The zero-order valence-corrected chi connectivity index (χ0v) is 10.0. The van der Waals surface area contributed by atoms with E-state index in [-0.39, 0.29) is 5.92 Å². The van der Waals surface area contributed by atoms with Gasteiger partial charge in [-0.3, -0.25) is 4.79 Å². The molecule has 5 heteroatoms. The number of ether oxygens (including phenoxy) is 1. The first kappa shape index (κ1) is 12.0. The van der Waals surface area contributed by atoms with Crippen LogP contribution >= 0.6 is 0 Å². The van der Waals surface area contributed by atoms with E-state index in [0.717, 1.165) is 17.7 Å². The summed E-state index contributed by atoms with van der Waals surface area (Å²) in [6.07, 6.45) is 2.19. The fraction of sp³-hybridized carbons (Fsp3) is 0.583. The molecule has 92 valence electrons. The standard InChI is InChI=1S/C12H16N2O3/c1-7(2)10(12(15)16)11-8-5-17-4-3-9(8)13-6-14-11/h6-7,10H,3-5H2,1-2H3,(H,15,16). The summed E-state index contributed by atoms with van der Waals surface area (Å²) in [4.78, 5) is 19.7. The summed E-state index contributed by atoms with van der Waals surface area (Å²) in [6, 6.07) is 0. The molecule has 1 aliphatic heterocycles. The number of rotatable bonds is 3. The molecular weight excluding hydrogens is 220 g/mol. The summed E-state index contributed by atoms with van der Waals surface area (Å²) in [5, 5.41) is 9.30. The number of aliphatic carboxylic acids is 1. The summed E-state index contributed by atoms with van der Waals surface area (Å²) in [7, 11) is 0. The van der Waals surface area contributed by atoms with E-state index in [1.165, 1.54) is 6.33 Å². The first-order valence-electron chi connectivity index (χ1n) is 5.74. The van der Waals surface area contributed by atoms with Gasteiger partial charge >= 0.3 is 5.97 Å². The highest BCUT2D eigenvalue weighted by molar-refractivity contribution is 5.76. The molecule has 17 heavy (non-hydrogen) atoms. The predicted octanol–water partition coefficient (Wildman–Crippen LogP) is 1.37. The molecule has 0 radical (unpaired) electrons. The van der Waals surface area contributed by atoms with Crippen molar-refractivity contribution in [2.24, 2.45) is 5.92 Å². The van der Waals surface area contributed by atoms with E-state index >= 15 is 0 Å². The van der Waals surface area contributed by atoms with Gasteiger partial charge < -0.3 is 9.84 Å². The minimum atomic E-state index is -0.841. The van der Waals surface area contributed by atoms with Crippen molar-refractivity contribution in [1.29, 1.82) is 0 Å². The Morgan fingerprint density at radius 1 is 1.47 bits per heavy atom. The van der Waals surface area contributed by atoms with Crippen LogP contribution in [0.1, 0.15) is 36.7 Å². The highest BCUT2D eigenvalue weighted by Crippen LogP contribution is 2.29. The second-order valence-corrected chi connectivity index (χ2v) is 4.55. The maximum atomic E-state index is 11.3. The fourth-order valence-electron chi connectivity index (χ4n) is 2.17. The molecule has 0 amide bonds. The largest absolute Gasteiger partial charge is 0.481 e. The molecule has 1 N–H and O–H groups in total. The number of fused-ring (bicyclic) bond motifs is 1. The van der Waals surface area contributed by atoms with Crippen molar-refractivity contribution in [1.82, 2.24) is 9.97 Å². The van der Waals surface area contributed by atoms with Crippen LogP contribution in [0.3, 0.4) is 0 Å². The van der Waals surface area contributed by atoms with E-state index in [9.17, 15) is 9.90 Å². The van der Waals surface area contributed by atoms with Crippen LogP contribution in [0, 0.1) is 5.92 Å². The molecule has 0 saturated carbocycles. The van der Waals surface area contributed by atoms with Gasteiger partial charge in [-0.05, 0) is 5.92 Å². The molecule has 0 fully saturated rings. The van der Waals surface area contributed by atoms with Crippen LogP contribution in [0.2, 0.25) is 0 Å². The second kappa shape index (κ2) is 4.79. The van der Waals surface area contributed by atoms with Crippen LogP contribution in [0.4, 0.5) is 0 Å². The lowest BCUT2D eigenvalue weighted by atomic mass is 9.88. The summed E-state index contributed by atoms with van der Waals surface area (Å²) in [5.41, 5.74) is 2.39. The SMILES string of the molecule is CC(C)C(C(=O)O)c1ncnc2c1COCC2. The maximum absolute atomic E-state index is 11.3. The van der Waals surface area contributed by atoms with Crippen LogP contribution in [-0.2, 0) is 22.6 Å². The van der Waals surface area contributed by atoms with Gasteiger partial charge in [-0.1, -0.05) is 13.8 Å². The van der Waals surface area contributed by atoms with Gasteiger partial charge in [-0.2, -0.15) is 0 Å².